The Balaban J connectivity index is 1.91. The molecule has 0 spiro atoms. The van der Waals surface area contributed by atoms with Gasteiger partial charge in [-0.3, -0.25) is 4.79 Å². The van der Waals surface area contributed by atoms with E-state index < -0.39 is 11.4 Å². The molecule has 0 unspecified atom stereocenters. The van der Waals surface area contributed by atoms with Crippen LogP contribution in [0.1, 0.15) is 5.56 Å². The zero-order valence-electron chi connectivity index (χ0n) is 14.1. The van der Waals surface area contributed by atoms with Gasteiger partial charge in [0.1, 0.15) is 11.6 Å². The van der Waals surface area contributed by atoms with Crippen LogP contribution in [0.4, 0.5) is 16.0 Å². The number of aromatic nitrogens is 3. The molecule has 0 saturated carbocycles. The molecule has 27 heavy (non-hydrogen) atoms. The van der Waals surface area contributed by atoms with Crippen LogP contribution >= 0.6 is 0 Å². The van der Waals surface area contributed by atoms with E-state index >= 15 is 0 Å². The summed E-state index contributed by atoms with van der Waals surface area (Å²) in [6.07, 6.45) is 1.57. The Bertz CT molecular complexity index is 1160. The van der Waals surface area contributed by atoms with Gasteiger partial charge in [-0.2, -0.15) is 0 Å². The summed E-state index contributed by atoms with van der Waals surface area (Å²) in [6, 6.07) is 16.1. The molecule has 0 amide bonds. The minimum absolute atomic E-state index is 0.0568. The Hall–Kier alpha value is -3.58. The Kier molecular flexibility index (Phi) is 4.35. The monoisotopic (exact) mass is 362 g/mol. The highest BCUT2D eigenvalue weighted by molar-refractivity contribution is 5.80. The number of hydrogen-bond acceptors (Lipinski definition) is 5. The number of nitrogens with one attached hydrogen (secondary N) is 1. The van der Waals surface area contributed by atoms with E-state index in [0.717, 1.165) is 5.56 Å². The number of hydrogen-bond donors (Lipinski definition) is 2. The predicted octanol–water partition coefficient (Wildman–Crippen LogP) is 3.16. The lowest BCUT2D eigenvalue weighted by Crippen LogP contribution is -2.23. The number of halogens is 1. The van der Waals surface area contributed by atoms with Crippen LogP contribution in [0.2, 0.25) is 0 Å². The fourth-order valence-corrected chi connectivity index (χ4v) is 2.76. The lowest BCUT2D eigenvalue weighted by atomic mass is 10.2. The summed E-state index contributed by atoms with van der Waals surface area (Å²) in [6.45, 7) is -0.0568. The smallest absolute Gasteiger partial charge is 0.268 e. The molecule has 0 bridgehead atoms. The number of aliphatic hydroxyl groups is 1. The molecule has 2 aromatic carbocycles. The lowest BCUT2D eigenvalue weighted by molar-refractivity contribution is 0.282. The molecule has 2 heterocycles. The molecule has 7 heteroatoms. The normalized spacial score (nSPS) is 10.9. The van der Waals surface area contributed by atoms with Gasteiger partial charge in [-0.05, 0) is 48.0 Å². The van der Waals surface area contributed by atoms with E-state index in [0.29, 0.717) is 17.0 Å². The molecule has 6 nitrogen and oxygen atoms in total. The first-order valence-corrected chi connectivity index (χ1v) is 8.26. The van der Waals surface area contributed by atoms with Gasteiger partial charge in [0.05, 0.1) is 17.5 Å². The zero-order chi connectivity index (χ0) is 18.8. The lowest BCUT2D eigenvalue weighted by Gasteiger charge is -2.14. The molecule has 0 saturated heterocycles. The summed E-state index contributed by atoms with van der Waals surface area (Å²) in [4.78, 5) is 21.7. The highest BCUT2D eigenvalue weighted by Gasteiger charge is 2.14. The molecule has 0 atom stereocenters. The molecule has 4 aromatic rings. The van der Waals surface area contributed by atoms with Crippen LogP contribution in [0.5, 0.6) is 0 Å². The van der Waals surface area contributed by atoms with Crippen molar-refractivity contribution in [3.8, 4) is 5.82 Å². The van der Waals surface area contributed by atoms with Crippen LogP contribution in [0.25, 0.3) is 16.7 Å². The van der Waals surface area contributed by atoms with Crippen LogP contribution in [-0.2, 0) is 6.61 Å². The van der Waals surface area contributed by atoms with Gasteiger partial charge in [-0.15, -0.1) is 0 Å². The second kappa shape index (κ2) is 6.97. The number of nitrogens with zero attached hydrogens (tertiary/aromatic N) is 3. The van der Waals surface area contributed by atoms with Crippen molar-refractivity contribution < 1.29 is 9.50 Å². The largest absolute Gasteiger partial charge is 0.392 e. The van der Waals surface area contributed by atoms with E-state index in [2.05, 4.69) is 15.3 Å². The number of anilines is 2. The van der Waals surface area contributed by atoms with Crippen LogP contribution in [0, 0.1) is 5.82 Å². The molecule has 2 aromatic heterocycles. The minimum atomic E-state index is -0.505. The van der Waals surface area contributed by atoms with Gasteiger partial charge in [0.2, 0.25) is 5.95 Å². The zero-order valence-corrected chi connectivity index (χ0v) is 14.1. The maximum Gasteiger partial charge on any atom is 0.268 e. The van der Waals surface area contributed by atoms with Crippen LogP contribution in [0.3, 0.4) is 0 Å². The molecule has 0 fully saturated rings. The maximum atomic E-state index is 13.6. The summed E-state index contributed by atoms with van der Waals surface area (Å²) in [5.41, 5.74) is 1.41. The molecule has 0 aliphatic carbocycles. The van der Waals surface area contributed by atoms with Gasteiger partial charge in [-0.1, -0.05) is 18.2 Å². The molecule has 2 N–H and O–H groups in total. The second-order valence-corrected chi connectivity index (χ2v) is 5.91. The molecular weight excluding hydrogens is 347 g/mol. The van der Waals surface area contributed by atoms with Crippen molar-refractivity contribution >= 4 is 22.5 Å². The quantitative estimate of drug-likeness (QED) is 0.583. The topological polar surface area (TPSA) is 80.0 Å². The van der Waals surface area contributed by atoms with E-state index in [1.807, 2.05) is 0 Å². The molecule has 0 aliphatic heterocycles. The van der Waals surface area contributed by atoms with Gasteiger partial charge < -0.3 is 10.4 Å². The van der Waals surface area contributed by atoms with Crippen LogP contribution < -0.4 is 10.9 Å². The Morgan fingerprint density at radius 2 is 1.89 bits per heavy atom. The summed E-state index contributed by atoms with van der Waals surface area (Å²) >= 11 is 0. The second-order valence-electron chi connectivity index (χ2n) is 5.91. The fourth-order valence-electron chi connectivity index (χ4n) is 2.76. The van der Waals surface area contributed by atoms with Gasteiger partial charge in [0.25, 0.3) is 5.56 Å². The Morgan fingerprint density at radius 1 is 1.07 bits per heavy atom. The number of pyridine rings is 1. The van der Waals surface area contributed by atoms with E-state index in [1.54, 1.807) is 48.7 Å². The molecular formula is C20H15FN4O2. The standard InChI is InChI=1S/C20H15FN4O2/c21-14-6-9-17-16(11-14)19(27)25(18-3-1-2-10-22-18)20(24-17)23-15-7-4-13(12-26)5-8-15/h1-11,26H,12H2,(H,23,24). The molecule has 134 valence electrons. The first-order chi connectivity index (χ1) is 13.2. The van der Waals surface area contributed by atoms with Crippen LogP contribution in [0.15, 0.2) is 71.7 Å². The van der Waals surface area contributed by atoms with Crippen molar-refractivity contribution in [2.45, 2.75) is 6.61 Å². The summed E-state index contributed by atoms with van der Waals surface area (Å²) in [5.74, 6) is 0.125. The van der Waals surface area contributed by atoms with Gasteiger partial charge in [0.15, 0.2) is 0 Å². The third-order valence-electron chi connectivity index (χ3n) is 4.10. The fraction of sp³-hybridized carbons (Fsp3) is 0.0500. The number of fused-ring (bicyclic) bond motifs is 1. The SMILES string of the molecule is O=c1c2cc(F)ccc2nc(Nc2ccc(CO)cc2)n1-c1ccccn1. The van der Waals surface area contributed by atoms with Crippen molar-refractivity contribution in [3.63, 3.8) is 0 Å². The highest BCUT2D eigenvalue weighted by Crippen LogP contribution is 2.20. The molecule has 0 aliphatic rings. The highest BCUT2D eigenvalue weighted by atomic mass is 19.1. The van der Waals surface area contributed by atoms with Crippen molar-refractivity contribution in [2.75, 3.05) is 5.32 Å². The average molecular weight is 362 g/mol. The predicted molar refractivity (Wildman–Crippen MR) is 101 cm³/mol. The average Bonchev–Trinajstić information content (AvgIpc) is 2.70. The Morgan fingerprint density at radius 3 is 2.59 bits per heavy atom. The summed E-state index contributed by atoms with van der Waals surface area (Å²) < 4.78 is 14.9. The first-order valence-electron chi connectivity index (χ1n) is 8.26. The van der Waals surface area contributed by atoms with Gasteiger partial charge in [0, 0.05) is 11.9 Å². The third-order valence-corrected chi connectivity index (χ3v) is 4.10. The van der Waals surface area contributed by atoms with E-state index in [-0.39, 0.29) is 17.9 Å². The Labute approximate surface area is 153 Å². The third kappa shape index (κ3) is 3.28. The summed E-state index contributed by atoms with van der Waals surface area (Å²) in [5, 5.41) is 12.4. The maximum absolute atomic E-state index is 13.6. The van der Waals surface area contributed by atoms with E-state index in [4.69, 9.17) is 0 Å². The van der Waals surface area contributed by atoms with Crippen LogP contribution in [-0.4, -0.2) is 19.6 Å². The molecule has 0 radical (unpaired) electrons. The summed E-state index contributed by atoms with van der Waals surface area (Å²) in [7, 11) is 0. The minimum Gasteiger partial charge on any atom is -0.392 e. The van der Waals surface area contributed by atoms with E-state index in [1.165, 1.54) is 22.8 Å². The van der Waals surface area contributed by atoms with Crippen molar-refractivity contribution in [1.29, 1.82) is 0 Å². The van der Waals surface area contributed by atoms with Crippen molar-refractivity contribution in [3.05, 3.63) is 88.6 Å². The van der Waals surface area contributed by atoms with Gasteiger partial charge >= 0.3 is 0 Å². The molecule has 4 rings (SSSR count). The first kappa shape index (κ1) is 16.9. The van der Waals surface area contributed by atoms with Crippen molar-refractivity contribution in [1.82, 2.24) is 14.5 Å². The van der Waals surface area contributed by atoms with Gasteiger partial charge in [-0.25, -0.2) is 18.9 Å². The number of aliphatic hydroxyl groups excluding tert-OH is 1. The van der Waals surface area contributed by atoms with E-state index in [9.17, 15) is 14.3 Å². The number of rotatable bonds is 4. The number of benzene rings is 2. The van der Waals surface area contributed by atoms with Crippen molar-refractivity contribution in [2.24, 2.45) is 0 Å².